The number of carbonyl (C=O) groups is 1. The lowest BCUT2D eigenvalue weighted by molar-refractivity contribution is -0.130. The molecular weight excluding hydrogens is 342 g/mol. The van der Waals surface area contributed by atoms with E-state index in [1.54, 1.807) is 6.92 Å². The van der Waals surface area contributed by atoms with Crippen molar-refractivity contribution in [3.05, 3.63) is 30.1 Å². The number of likely N-dealkylation sites (tertiary alicyclic amines) is 1. The summed E-state index contributed by atoms with van der Waals surface area (Å²) in [5, 5.41) is 3.86. The van der Waals surface area contributed by atoms with Gasteiger partial charge in [0.1, 0.15) is 11.9 Å². The minimum atomic E-state index is 0.00518. The number of rotatable bonds is 6. The van der Waals surface area contributed by atoms with E-state index in [4.69, 9.17) is 9.26 Å². The number of hydrogen-bond donors (Lipinski definition) is 0. The van der Waals surface area contributed by atoms with Crippen LogP contribution in [-0.4, -0.2) is 40.1 Å². The Balaban J connectivity index is 1.34. The van der Waals surface area contributed by atoms with E-state index in [9.17, 15) is 4.79 Å². The lowest BCUT2D eigenvalue weighted by Crippen LogP contribution is -2.31. The number of benzene rings is 1. The Morgan fingerprint density at radius 3 is 2.85 bits per heavy atom. The zero-order chi connectivity index (χ0) is 18.6. The van der Waals surface area contributed by atoms with Crippen LogP contribution in [0.1, 0.15) is 50.8 Å². The average Bonchev–Trinajstić information content (AvgIpc) is 3.42. The van der Waals surface area contributed by atoms with Gasteiger partial charge in [-0.15, -0.1) is 0 Å². The maximum Gasteiger partial charge on any atom is 0.261 e. The molecule has 1 saturated heterocycles. The predicted molar refractivity (Wildman–Crippen MR) is 101 cm³/mol. The molecule has 1 amide bonds. The van der Waals surface area contributed by atoms with Crippen molar-refractivity contribution >= 4 is 5.91 Å². The van der Waals surface area contributed by atoms with Crippen LogP contribution >= 0.6 is 0 Å². The van der Waals surface area contributed by atoms with E-state index >= 15 is 0 Å². The third kappa shape index (κ3) is 4.31. The largest absolute Gasteiger partial charge is 0.488 e. The quantitative estimate of drug-likeness (QED) is 0.770. The monoisotopic (exact) mass is 369 g/mol. The number of aromatic nitrogens is 2. The Labute approximate surface area is 159 Å². The molecule has 1 unspecified atom stereocenters. The van der Waals surface area contributed by atoms with E-state index in [2.05, 4.69) is 10.1 Å². The van der Waals surface area contributed by atoms with E-state index in [-0.39, 0.29) is 12.0 Å². The molecule has 144 valence electrons. The third-order valence-corrected chi connectivity index (χ3v) is 5.68. The molecule has 0 spiro atoms. The van der Waals surface area contributed by atoms with Crippen molar-refractivity contribution in [2.24, 2.45) is 5.92 Å². The number of aryl methyl sites for hydroxylation is 1. The number of ether oxygens (including phenoxy) is 1. The lowest BCUT2D eigenvalue weighted by Gasteiger charge is -2.19. The van der Waals surface area contributed by atoms with Crippen molar-refractivity contribution in [1.29, 1.82) is 0 Å². The summed E-state index contributed by atoms with van der Waals surface area (Å²) in [5.74, 6) is 2.82. The molecule has 4 rings (SSSR count). The second-order valence-electron chi connectivity index (χ2n) is 7.70. The van der Waals surface area contributed by atoms with Crippen molar-refractivity contribution in [2.75, 3.05) is 13.1 Å². The Morgan fingerprint density at radius 2 is 2.07 bits per heavy atom. The topological polar surface area (TPSA) is 68.5 Å². The van der Waals surface area contributed by atoms with Crippen molar-refractivity contribution in [2.45, 2.75) is 58.0 Å². The van der Waals surface area contributed by atoms with Crippen LogP contribution in [0.4, 0.5) is 0 Å². The van der Waals surface area contributed by atoms with Crippen LogP contribution in [0, 0.1) is 12.8 Å². The van der Waals surface area contributed by atoms with Crippen LogP contribution in [0.3, 0.4) is 0 Å². The van der Waals surface area contributed by atoms with Crippen LogP contribution in [0.25, 0.3) is 11.5 Å². The second kappa shape index (κ2) is 8.11. The number of para-hydroxylation sites is 1. The van der Waals surface area contributed by atoms with Gasteiger partial charge in [0.15, 0.2) is 5.82 Å². The van der Waals surface area contributed by atoms with Crippen molar-refractivity contribution in [1.82, 2.24) is 15.0 Å². The fourth-order valence-electron chi connectivity index (χ4n) is 4.17. The van der Waals surface area contributed by atoms with Gasteiger partial charge in [0.25, 0.3) is 5.89 Å². The minimum absolute atomic E-state index is 0.00518. The zero-order valence-corrected chi connectivity index (χ0v) is 15.9. The van der Waals surface area contributed by atoms with E-state index in [1.165, 1.54) is 25.7 Å². The standard InChI is InChI=1S/C21H27N3O3/c1-15-22-21(27-23-15)18-8-4-5-9-19(18)26-17-12-13-24(14-17)20(25)11-10-16-6-2-3-7-16/h4-5,8-9,16-17H,2-3,6-7,10-14H2,1H3. The van der Waals surface area contributed by atoms with Crippen molar-refractivity contribution in [3.63, 3.8) is 0 Å². The number of nitrogens with zero attached hydrogens (tertiary/aromatic N) is 3. The molecule has 1 aliphatic heterocycles. The molecule has 6 nitrogen and oxygen atoms in total. The molecule has 0 bridgehead atoms. The highest BCUT2D eigenvalue weighted by molar-refractivity contribution is 5.76. The highest BCUT2D eigenvalue weighted by Gasteiger charge is 2.29. The molecule has 1 aromatic heterocycles. The predicted octanol–water partition coefficient (Wildman–Crippen LogP) is 4.00. The van der Waals surface area contributed by atoms with Crippen LogP contribution in [0.2, 0.25) is 0 Å². The summed E-state index contributed by atoms with van der Waals surface area (Å²) >= 11 is 0. The summed E-state index contributed by atoms with van der Waals surface area (Å²) in [6, 6.07) is 7.69. The molecule has 2 heterocycles. The summed E-state index contributed by atoms with van der Waals surface area (Å²) < 4.78 is 11.5. The molecule has 27 heavy (non-hydrogen) atoms. The van der Waals surface area contributed by atoms with Gasteiger partial charge in [0.2, 0.25) is 5.91 Å². The van der Waals surface area contributed by atoms with Gasteiger partial charge < -0.3 is 14.2 Å². The van der Waals surface area contributed by atoms with Crippen molar-refractivity contribution < 1.29 is 14.1 Å². The first kappa shape index (κ1) is 18.0. The first-order chi connectivity index (χ1) is 13.2. The third-order valence-electron chi connectivity index (χ3n) is 5.68. The molecule has 6 heteroatoms. The number of hydrogen-bond acceptors (Lipinski definition) is 5. The van der Waals surface area contributed by atoms with Gasteiger partial charge in [-0.05, 0) is 31.4 Å². The molecule has 2 aromatic rings. The van der Waals surface area contributed by atoms with Crippen molar-refractivity contribution in [3.8, 4) is 17.2 Å². The summed E-state index contributed by atoms with van der Waals surface area (Å²) in [6.45, 7) is 3.22. The van der Waals surface area contributed by atoms with Crippen LogP contribution < -0.4 is 4.74 Å². The normalized spacial score (nSPS) is 20.3. The molecule has 1 saturated carbocycles. The van der Waals surface area contributed by atoms with Gasteiger partial charge in [0.05, 0.1) is 12.1 Å². The Morgan fingerprint density at radius 1 is 1.26 bits per heavy atom. The first-order valence-corrected chi connectivity index (χ1v) is 10.0. The van der Waals surface area contributed by atoms with Crippen LogP contribution in [-0.2, 0) is 4.79 Å². The fourth-order valence-corrected chi connectivity index (χ4v) is 4.17. The van der Waals surface area contributed by atoms with Crippen LogP contribution in [0.15, 0.2) is 28.8 Å². The molecule has 1 aliphatic carbocycles. The minimum Gasteiger partial charge on any atom is -0.488 e. The van der Waals surface area contributed by atoms with Gasteiger partial charge in [-0.1, -0.05) is 43.0 Å². The SMILES string of the molecule is Cc1noc(-c2ccccc2OC2CCN(C(=O)CCC3CCCC3)C2)n1. The number of carbonyl (C=O) groups excluding carboxylic acids is 1. The van der Waals surface area contributed by atoms with Gasteiger partial charge in [-0.2, -0.15) is 4.98 Å². The Bertz CT molecular complexity index is 782. The molecule has 2 fully saturated rings. The fraction of sp³-hybridized carbons (Fsp3) is 0.571. The summed E-state index contributed by atoms with van der Waals surface area (Å²) in [4.78, 5) is 18.8. The zero-order valence-electron chi connectivity index (χ0n) is 15.9. The molecule has 1 atom stereocenters. The van der Waals surface area contributed by atoms with E-state index < -0.39 is 0 Å². The molecule has 2 aliphatic rings. The van der Waals surface area contributed by atoms with Crippen LogP contribution in [0.5, 0.6) is 5.75 Å². The van der Waals surface area contributed by atoms with E-state index in [1.807, 2.05) is 29.2 Å². The van der Waals surface area contributed by atoms with Gasteiger partial charge in [-0.3, -0.25) is 4.79 Å². The highest BCUT2D eigenvalue weighted by atomic mass is 16.5. The van der Waals surface area contributed by atoms with E-state index in [0.29, 0.717) is 24.7 Å². The summed E-state index contributed by atoms with van der Waals surface area (Å²) in [6.07, 6.45) is 7.83. The highest BCUT2D eigenvalue weighted by Crippen LogP contribution is 2.31. The van der Waals surface area contributed by atoms with E-state index in [0.717, 1.165) is 36.6 Å². The molecular formula is C21H27N3O3. The second-order valence-corrected chi connectivity index (χ2v) is 7.70. The maximum absolute atomic E-state index is 12.5. The number of amides is 1. The summed E-state index contributed by atoms with van der Waals surface area (Å²) in [7, 11) is 0. The molecule has 0 N–H and O–H groups in total. The maximum atomic E-state index is 12.5. The summed E-state index contributed by atoms with van der Waals surface area (Å²) in [5.41, 5.74) is 0.795. The first-order valence-electron chi connectivity index (χ1n) is 10.0. The smallest absolute Gasteiger partial charge is 0.261 e. The molecule has 0 radical (unpaired) electrons. The van der Waals surface area contributed by atoms with Gasteiger partial charge in [0, 0.05) is 19.4 Å². The Kier molecular flexibility index (Phi) is 5.41. The van der Waals surface area contributed by atoms with Gasteiger partial charge in [-0.25, -0.2) is 0 Å². The van der Waals surface area contributed by atoms with Gasteiger partial charge >= 0.3 is 0 Å². The average molecular weight is 369 g/mol. The molecule has 1 aromatic carbocycles. The Hall–Kier alpha value is -2.37. The lowest BCUT2D eigenvalue weighted by atomic mass is 10.0.